The fourth-order valence-corrected chi connectivity index (χ4v) is 2.42. The molecule has 1 saturated heterocycles. The Morgan fingerprint density at radius 1 is 1.41 bits per heavy atom. The van der Waals surface area contributed by atoms with E-state index >= 15 is 0 Å². The molecule has 0 saturated carbocycles. The van der Waals surface area contributed by atoms with E-state index in [4.69, 9.17) is 5.11 Å². The van der Waals surface area contributed by atoms with Crippen LogP contribution >= 0.6 is 0 Å². The van der Waals surface area contributed by atoms with Gasteiger partial charge in [0.1, 0.15) is 0 Å². The molecule has 0 atom stereocenters. The van der Waals surface area contributed by atoms with Gasteiger partial charge >= 0.3 is 6.09 Å². The molecule has 17 heavy (non-hydrogen) atoms. The SMILES string of the molecule is CS(=O)(=O)OCCCC1CCN(C(=O)O)CC1. The highest BCUT2D eigenvalue weighted by Gasteiger charge is 2.21. The van der Waals surface area contributed by atoms with E-state index in [0.29, 0.717) is 25.4 Å². The highest BCUT2D eigenvalue weighted by Crippen LogP contribution is 2.21. The summed E-state index contributed by atoms with van der Waals surface area (Å²) in [5, 5.41) is 8.77. The molecule has 0 spiro atoms. The van der Waals surface area contributed by atoms with Crippen LogP contribution in [0.2, 0.25) is 0 Å². The number of carboxylic acid groups (broad SMARTS) is 1. The predicted octanol–water partition coefficient (Wildman–Crippen LogP) is 1.13. The molecule has 1 heterocycles. The zero-order valence-corrected chi connectivity index (χ0v) is 10.8. The lowest BCUT2D eigenvalue weighted by atomic mass is 9.92. The summed E-state index contributed by atoms with van der Waals surface area (Å²) < 4.78 is 26.1. The lowest BCUT2D eigenvalue weighted by molar-refractivity contribution is 0.121. The topological polar surface area (TPSA) is 83.9 Å². The Balaban J connectivity index is 2.12. The number of amides is 1. The first-order chi connectivity index (χ1) is 7.88. The number of rotatable bonds is 5. The van der Waals surface area contributed by atoms with E-state index < -0.39 is 16.2 Å². The molecule has 0 aromatic carbocycles. The highest BCUT2D eigenvalue weighted by atomic mass is 32.2. The minimum atomic E-state index is -3.33. The smallest absolute Gasteiger partial charge is 0.407 e. The molecule has 1 aliphatic heterocycles. The van der Waals surface area contributed by atoms with Gasteiger partial charge in [0.2, 0.25) is 0 Å². The van der Waals surface area contributed by atoms with Crippen LogP contribution < -0.4 is 0 Å². The van der Waals surface area contributed by atoms with Crippen molar-refractivity contribution in [3.63, 3.8) is 0 Å². The van der Waals surface area contributed by atoms with Gasteiger partial charge in [0.15, 0.2) is 0 Å². The normalized spacial score (nSPS) is 18.3. The Hall–Kier alpha value is -0.820. The molecule has 1 aliphatic rings. The van der Waals surface area contributed by atoms with Crippen molar-refractivity contribution in [2.45, 2.75) is 25.7 Å². The lowest BCUT2D eigenvalue weighted by Gasteiger charge is -2.29. The van der Waals surface area contributed by atoms with E-state index in [2.05, 4.69) is 4.18 Å². The zero-order valence-electron chi connectivity index (χ0n) is 9.96. The van der Waals surface area contributed by atoms with E-state index in [1.54, 1.807) is 0 Å². The molecular weight excluding hydrogens is 246 g/mol. The minimum Gasteiger partial charge on any atom is -0.465 e. The Morgan fingerprint density at radius 3 is 2.47 bits per heavy atom. The first kappa shape index (κ1) is 14.2. The van der Waals surface area contributed by atoms with Gasteiger partial charge in [0, 0.05) is 13.1 Å². The summed E-state index contributed by atoms with van der Waals surface area (Å²) in [4.78, 5) is 12.1. The number of hydrogen-bond donors (Lipinski definition) is 1. The van der Waals surface area contributed by atoms with Crippen molar-refractivity contribution in [3.05, 3.63) is 0 Å². The molecule has 7 heteroatoms. The second-order valence-corrected chi connectivity index (χ2v) is 6.03. The fourth-order valence-electron chi connectivity index (χ4n) is 2.00. The van der Waals surface area contributed by atoms with E-state index in [0.717, 1.165) is 25.5 Å². The number of hydrogen-bond acceptors (Lipinski definition) is 4. The molecule has 6 nitrogen and oxygen atoms in total. The van der Waals surface area contributed by atoms with Crippen molar-refractivity contribution in [2.75, 3.05) is 26.0 Å². The van der Waals surface area contributed by atoms with Crippen molar-refractivity contribution in [2.24, 2.45) is 5.92 Å². The van der Waals surface area contributed by atoms with Gasteiger partial charge < -0.3 is 10.0 Å². The second-order valence-electron chi connectivity index (χ2n) is 4.38. The van der Waals surface area contributed by atoms with E-state index in [-0.39, 0.29) is 6.61 Å². The summed E-state index contributed by atoms with van der Waals surface area (Å²) in [6.07, 6.45) is 3.48. The summed E-state index contributed by atoms with van der Waals surface area (Å²) in [6.45, 7) is 1.37. The summed E-state index contributed by atoms with van der Waals surface area (Å²) >= 11 is 0. The Kier molecular flexibility index (Phi) is 5.20. The van der Waals surface area contributed by atoms with Crippen molar-refractivity contribution < 1.29 is 22.5 Å². The van der Waals surface area contributed by atoms with Gasteiger partial charge in [-0.25, -0.2) is 4.79 Å². The van der Waals surface area contributed by atoms with Gasteiger partial charge in [-0.15, -0.1) is 0 Å². The average molecular weight is 265 g/mol. The third-order valence-electron chi connectivity index (χ3n) is 2.94. The number of nitrogens with zero attached hydrogens (tertiary/aromatic N) is 1. The lowest BCUT2D eigenvalue weighted by Crippen LogP contribution is -2.37. The van der Waals surface area contributed by atoms with Crippen molar-refractivity contribution >= 4 is 16.2 Å². The first-order valence-corrected chi connectivity index (χ1v) is 7.52. The molecule has 1 rings (SSSR count). The molecule has 0 aromatic rings. The van der Waals surface area contributed by atoms with Gasteiger partial charge in [-0.3, -0.25) is 4.18 Å². The summed E-state index contributed by atoms with van der Waals surface area (Å²) in [6, 6.07) is 0. The van der Waals surface area contributed by atoms with Crippen LogP contribution in [0.5, 0.6) is 0 Å². The van der Waals surface area contributed by atoms with Crippen LogP contribution in [-0.2, 0) is 14.3 Å². The third kappa shape index (κ3) is 5.88. The van der Waals surface area contributed by atoms with E-state index in [9.17, 15) is 13.2 Å². The Labute approximate surface area is 102 Å². The van der Waals surface area contributed by atoms with E-state index in [1.807, 2.05) is 0 Å². The van der Waals surface area contributed by atoms with Crippen LogP contribution in [0.25, 0.3) is 0 Å². The van der Waals surface area contributed by atoms with E-state index in [1.165, 1.54) is 4.90 Å². The van der Waals surface area contributed by atoms with Gasteiger partial charge in [-0.1, -0.05) is 0 Å². The van der Waals surface area contributed by atoms with Crippen molar-refractivity contribution in [1.29, 1.82) is 0 Å². The molecule has 0 unspecified atom stereocenters. The van der Waals surface area contributed by atoms with Crippen molar-refractivity contribution in [1.82, 2.24) is 4.90 Å². The molecule has 1 N–H and O–H groups in total. The van der Waals surface area contributed by atoms with Gasteiger partial charge in [-0.05, 0) is 31.6 Å². The molecule has 0 aliphatic carbocycles. The Morgan fingerprint density at radius 2 is 2.00 bits per heavy atom. The molecular formula is C10H19NO5S. The molecule has 1 fully saturated rings. The zero-order chi connectivity index (χ0) is 12.9. The standard InChI is InChI=1S/C10H19NO5S/c1-17(14,15)16-8-2-3-9-4-6-11(7-5-9)10(12)13/h9H,2-8H2,1H3,(H,12,13). The largest absolute Gasteiger partial charge is 0.465 e. The van der Waals surface area contributed by atoms with Gasteiger partial charge in [0.05, 0.1) is 12.9 Å². The van der Waals surface area contributed by atoms with Crippen LogP contribution in [0.4, 0.5) is 4.79 Å². The second kappa shape index (κ2) is 6.20. The minimum absolute atomic E-state index is 0.220. The van der Waals surface area contributed by atoms with Crippen LogP contribution in [-0.4, -0.2) is 50.5 Å². The van der Waals surface area contributed by atoms with Crippen LogP contribution in [0.3, 0.4) is 0 Å². The van der Waals surface area contributed by atoms with Gasteiger partial charge in [-0.2, -0.15) is 8.42 Å². The monoisotopic (exact) mass is 265 g/mol. The number of piperidine rings is 1. The molecule has 0 aromatic heterocycles. The summed E-state index contributed by atoms with van der Waals surface area (Å²) in [7, 11) is -3.33. The fraction of sp³-hybridized carbons (Fsp3) is 0.900. The highest BCUT2D eigenvalue weighted by molar-refractivity contribution is 7.85. The number of likely N-dealkylation sites (tertiary alicyclic amines) is 1. The summed E-state index contributed by atoms with van der Waals surface area (Å²) in [5.74, 6) is 0.480. The number of carbonyl (C=O) groups is 1. The maximum absolute atomic E-state index is 10.7. The molecule has 0 bridgehead atoms. The first-order valence-electron chi connectivity index (χ1n) is 5.71. The van der Waals surface area contributed by atoms with Crippen LogP contribution in [0, 0.1) is 5.92 Å². The Bertz CT molecular complexity index is 346. The third-order valence-corrected chi connectivity index (χ3v) is 3.53. The summed E-state index contributed by atoms with van der Waals surface area (Å²) in [5.41, 5.74) is 0. The maximum Gasteiger partial charge on any atom is 0.407 e. The van der Waals surface area contributed by atoms with Gasteiger partial charge in [0.25, 0.3) is 10.1 Å². The predicted molar refractivity (Wildman–Crippen MR) is 62.4 cm³/mol. The van der Waals surface area contributed by atoms with Crippen molar-refractivity contribution in [3.8, 4) is 0 Å². The van der Waals surface area contributed by atoms with Crippen LogP contribution in [0.1, 0.15) is 25.7 Å². The molecule has 1 amide bonds. The average Bonchev–Trinajstić information content (AvgIpc) is 2.24. The maximum atomic E-state index is 10.7. The quantitative estimate of drug-likeness (QED) is 0.595. The molecule has 100 valence electrons. The molecule has 0 radical (unpaired) electrons. The van der Waals surface area contributed by atoms with Crippen LogP contribution in [0.15, 0.2) is 0 Å².